The van der Waals surface area contributed by atoms with E-state index in [0.29, 0.717) is 18.9 Å². The Morgan fingerprint density at radius 3 is 2.61 bits per heavy atom. The number of esters is 1. The molecule has 0 spiro atoms. The second-order valence-electron chi connectivity index (χ2n) is 6.90. The zero-order chi connectivity index (χ0) is 13.6. The van der Waals surface area contributed by atoms with Crippen molar-refractivity contribution in [2.75, 3.05) is 6.61 Å². The van der Waals surface area contributed by atoms with E-state index in [9.17, 15) is 14.3 Å². The fourth-order valence-electron chi connectivity index (χ4n) is 3.34. The van der Waals surface area contributed by atoms with Gasteiger partial charge in [0.25, 0.3) is 0 Å². The number of fused-ring (bicyclic) bond motifs is 2. The number of hydrogen-bond acceptors (Lipinski definition) is 3. The third kappa shape index (κ3) is 2.68. The largest absolute Gasteiger partial charge is 0.465 e. The molecule has 0 aliphatic heterocycles. The molecule has 2 fully saturated rings. The van der Waals surface area contributed by atoms with E-state index in [1.807, 2.05) is 20.8 Å². The summed E-state index contributed by atoms with van der Waals surface area (Å²) in [5.41, 5.74) is -0.491. The summed E-state index contributed by atoms with van der Waals surface area (Å²) < 4.78 is 19.0. The quantitative estimate of drug-likeness (QED) is 0.792. The predicted octanol–water partition coefficient (Wildman–Crippen LogP) is 2.67. The Labute approximate surface area is 108 Å². The van der Waals surface area contributed by atoms with Gasteiger partial charge in [0.15, 0.2) is 0 Å². The van der Waals surface area contributed by atoms with E-state index in [2.05, 4.69) is 0 Å². The zero-order valence-corrected chi connectivity index (χ0v) is 11.4. The number of hydrogen-bond donors (Lipinski definition) is 1. The summed E-state index contributed by atoms with van der Waals surface area (Å²) >= 11 is 0. The van der Waals surface area contributed by atoms with Crippen LogP contribution in [0.15, 0.2) is 0 Å². The van der Waals surface area contributed by atoms with Crippen molar-refractivity contribution in [3.63, 3.8) is 0 Å². The third-order valence-electron chi connectivity index (χ3n) is 4.27. The summed E-state index contributed by atoms with van der Waals surface area (Å²) in [6.07, 6.45) is 2.69. The van der Waals surface area contributed by atoms with Gasteiger partial charge in [-0.2, -0.15) is 0 Å². The molecule has 1 N–H and O–H groups in total. The van der Waals surface area contributed by atoms with Crippen LogP contribution in [0.5, 0.6) is 0 Å². The van der Waals surface area contributed by atoms with Crippen LogP contribution >= 0.6 is 0 Å². The normalized spacial score (nSPS) is 39.1. The summed E-state index contributed by atoms with van der Waals surface area (Å²) in [5.74, 6) is -1.99. The maximum Gasteiger partial charge on any atom is 0.311 e. The maximum absolute atomic E-state index is 13.8. The molecule has 0 saturated heterocycles. The van der Waals surface area contributed by atoms with Gasteiger partial charge in [-0.25, -0.2) is 4.39 Å². The second kappa shape index (κ2) is 4.48. The smallest absolute Gasteiger partial charge is 0.311 e. The van der Waals surface area contributed by atoms with Gasteiger partial charge >= 0.3 is 5.97 Å². The monoisotopic (exact) mass is 258 g/mol. The lowest BCUT2D eigenvalue weighted by Gasteiger charge is -2.31. The van der Waals surface area contributed by atoms with Crippen LogP contribution < -0.4 is 0 Å². The molecule has 4 unspecified atom stereocenters. The zero-order valence-electron chi connectivity index (χ0n) is 11.4. The van der Waals surface area contributed by atoms with E-state index in [0.717, 1.165) is 12.8 Å². The molecule has 3 nitrogen and oxygen atoms in total. The average Bonchev–Trinajstić information content (AvgIpc) is 2.70. The highest BCUT2D eigenvalue weighted by Gasteiger charge is 2.55. The van der Waals surface area contributed by atoms with Crippen molar-refractivity contribution >= 4 is 5.97 Å². The summed E-state index contributed by atoms with van der Waals surface area (Å²) in [7, 11) is 0. The fourth-order valence-corrected chi connectivity index (χ4v) is 3.34. The van der Waals surface area contributed by atoms with Gasteiger partial charge in [0.2, 0.25) is 5.85 Å². The number of halogens is 1. The van der Waals surface area contributed by atoms with Crippen molar-refractivity contribution in [3.05, 3.63) is 0 Å². The molecule has 2 bridgehead atoms. The van der Waals surface area contributed by atoms with Crippen LogP contribution in [0.25, 0.3) is 0 Å². The highest BCUT2D eigenvalue weighted by molar-refractivity contribution is 5.75. The van der Waals surface area contributed by atoms with Crippen molar-refractivity contribution in [2.24, 2.45) is 23.2 Å². The summed E-state index contributed by atoms with van der Waals surface area (Å²) in [6, 6.07) is 0. The molecule has 2 aliphatic rings. The number of carbonyl (C=O) groups is 1. The summed E-state index contributed by atoms with van der Waals surface area (Å²) in [6.45, 7) is 5.77. The fraction of sp³-hybridized carbons (Fsp3) is 0.929. The SMILES string of the molecule is CC(C)(C)C(=O)OCCC1CC2CC1C(O)(F)C2. The van der Waals surface area contributed by atoms with Gasteiger partial charge in [-0.05, 0) is 51.9 Å². The Balaban J connectivity index is 1.78. The van der Waals surface area contributed by atoms with Crippen LogP contribution in [-0.2, 0) is 9.53 Å². The predicted molar refractivity (Wildman–Crippen MR) is 65.4 cm³/mol. The lowest BCUT2D eigenvalue weighted by molar-refractivity contribution is -0.156. The molecule has 2 rings (SSSR count). The first-order valence-corrected chi connectivity index (χ1v) is 6.78. The molecule has 2 aliphatic carbocycles. The Bertz CT molecular complexity index is 332. The molecule has 4 atom stereocenters. The van der Waals surface area contributed by atoms with E-state index >= 15 is 0 Å². The number of alkyl halides is 1. The average molecular weight is 258 g/mol. The van der Waals surface area contributed by atoms with Gasteiger partial charge in [0.05, 0.1) is 12.0 Å². The Morgan fingerprint density at radius 1 is 1.44 bits per heavy atom. The van der Waals surface area contributed by atoms with Gasteiger partial charge in [-0.3, -0.25) is 4.79 Å². The van der Waals surface area contributed by atoms with Crippen molar-refractivity contribution < 1.29 is 19.0 Å². The van der Waals surface area contributed by atoms with Crippen molar-refractivity contribution in [3.8, 4) is 0 Å². The van der Waals surface area contributed by atoms with Crippen LogP contribution in [0.2, 0.25) is 0 Å². The Hall–Kier alpha value is -0.640. The number of carbonyl (C=O) groups excluding carboxylic acids is 1. The minimum absolute atomic E-state index is 0.159. The van der Waals surface area contributed by atoms with E-state index in [1.54, 1.807) is 0 Å². The first kappa shape index (κ1) is 13.8. The van der Waals surface area contributed by atoms with Gasteiger partial charge in [0, 0.05) is 12.3 Å². The third-order valence-corrected chi connectivity index (χ3v) is 4.27. The van der Waals surface area contributed by atoms with Crippen LogP contribution in [0.1, 0.15) is 46.5 Å². The molecule has 0 heterocycles. The molecule has 104 valence electrons. The Morgan fingerprint density at radius 2 is 2.11 bits per heavy atom. The van der Waals surface area contributed by atoms with Crippen LogP contribution in [0.4, 0.5) is 4.39 Å². The number of ether oxygens (including phenoxy) is 1. The summed E-state index contributed by atoms with van der Waals surface area (Å²) in [4.78, 5) is 11.6. The molecular weight excluding hydrogens is 235 g/mol. The van der Waals surface area contributed by atoms with E-state index in [4.69, 9.17) is 4.74 Å². The molecule has 0 radical (unpaired) electrons. The summed E-state index contributed by atoms with van der Waals surface area (Å²) in [5, 5.41) is 9.62. The molecule has 2 saturated carbocycles. The van der Waals surface area contributed by atoms with Crippen LogP contribution in [-0.4, -0.2) is 23.5 Å². The standard InChI is InChI=1S/C14H23FO3/c1-13(2,3)12(16)18-5-4-10-6-9-7-11(10)14(15,17)8-9/h9-11,17H,4-8H2,1-3H3. The van der Waals surface area contributed by atoms with Gasteiger partial charge in [-0.1, -0.05) is 0 Å². The topological polar surface area (TPSA) is 46.5 Å². The molecule has 0 amide bonds. The van der Waals surface area contributed by atoms with E-state index in [1.165, 1.54) is 0 Å². The minimum Gasteiger partial charge on any atom is -0.465 e. The van der Waals surface area contributed by atoms with Crippen LogP contribution in [0.3, 0.4) is 0 Å². The number of aliphatic hydroxyl groups is 1. The molecule has 4 heteroatoms. The first-order chi connectivity index (χ1) is 8.20. The van der Waals surface area contributed by atoms with E-state index in [-0.39, 0.29) is 24.2 Å². The van der Waals surface area contributed by atoms with Crippen molar-refractivity contribution in [1.29, 1.82) is 0 Å². The lowest BCUT2D eigenvalue weighted by atomic mass is 9.83. The van der Waals surface area contributed by atoms with Crippen molar-refractivity contribution in [1.82, 2.24) is 0 Å². The van der Waals surface area contributed by atoms with Gasteiger partial charge < -0.3 is 9.84 Å². The minimum atomic E-state index is -1.98. The second-order valence-corrected chi connectivity index (χ2v) is 6.90. The molecule has 0 aromatic carbocycles. The maximum atomic E-state index is 13.8. The first-order valence-electron chi connectivity index (χ1n) is 6.78. The number of rotatable bonds is 3. The van der Waals surface area contributed by atoms with Gasteiger partial charge in [-0.15, -0.1) is 0 Å². The molecule has 0 aromatic heterocycles. The Kier molecular flexibility index (Phi) is 3.43. The van der Waals surface area contributed by atoms with Gasteiger partial charge in [0.1, 0.15) is 0 Å². The molecular formula is C14H23FO3. The van der Waals surface area contributed by atoms with Crippen molar-refractivity contribution in [2.45, 2.75) is 52.3 Å². The highest BCUT2D eigenvalue weighted by atomic mass is 19.2. The molecule has 18 heavy (non-hydrogen) atoms. The van der Waals surface area contributed by atoms with E-state index < -0.39 is 11.3 Å². The highest BCUT2D eigenvalue weighted by Crippen LogP contribution is 2.55. The molecule has 0 aromatic rings. The van der Waals surface area contributed by atoms with Crippen LogP contribution in [0, 0.1) is 23.2 Å². The lowest BCUT2D eigenvalue weighted by Crippen LogP contribution is -2.35.